The van der Waals surface area contributed by atoms with Gasteiger partial charge in [-0.1, -0.05) is 12.1 Å². The topological polar surface area (TPSA) is 55.5 Å². The maximum Gasteiger partial charge on any atom is 0.115 e. The molecule has 2 fully saturated rings. The van der Waals surface area contributed by atoms with Gasteiger partial charge >= 0.3 is 0 Å². The predicted molar refractivity (Wildman–Crippen MR) is 61.2 cm³/mol. The monoisotopic (exact) mass is 219 g/mol. The number of nitrogens with two attached hydrogens (primary N) is 1. The highest BCUT2D eigenvalue weighted by Gasteiger charge is 2.49. The van der Waals surface area contributed by atoms with E-state index >= 15 is 0 Å². The quantitative estimate of drug-likeness (QED) is 0.794. The molecule has 3 rings (SSSR count). The molecule has 1 aromatic rings. The van der Waals surface area contributed by atoms with Crippen LogP contribution in [0, 0.1) is 0 Å². The number of ether oxygens (including phenoxy) is 1. The minimum atomic E-state index is -0.195. The molecule has 0 amide bonds. The molecule has 0 aromatic heterocycles. The predicted octanol–water partition coefficient (Wildman–Crippen LogP) is 1.58. The first-order valence-corrected chi connectivity index (χ1v) is 5.88. The van der Waals surface area contributed by atoms with Gasteiger partial charge in [0, 0.05) is 5.54 Å². The van der Waals surface area contributed by atoms with Crippen LogP contribution in [0.1, 0.15) is 24.8 Å². The first-order valence-electron chi connectivity index (χ1n) is 5.88. The van der Waals surface area contributed by atoms with Crippen LogP contribution in [-0.2, 0) is 11.2 Å². The van der Waals surface area contributed by atoms with Gasteiger partial charge in [-0.2, -0.15) is 0 Å². The molecule has 2 saturated heterocycles. The molecule has 0 radical (unpaired) electrons. The lowest BCUT2D eigenvalue weighted by Crippen LogP contribution is -2.50. The molecule has 3 N–H and O–H groups in total. The van der Waals surface area contributed by atoms with Crippen LogP contribution in [0.3, 0.4) is 0 Å². The molecule has 86 valence electrons. The standard InChI is InChI=1S/C13H17NO2/c14-13(8-11-5-6-12(13)16-11)7-9-1-3-10(15)4-2-9/h1-4,11-12,15H,5-8,14H2. The molecule has 3 nitrogen and oxygen atoms in total. The van der Waals surface area contributed by atoms with Crippen molar-refractivity contribution in [3.8, 4) is 5.75 Å². The Morgan fingerprint density at radius 2 is 2.06 bits per heavy atom. The molecule has 3 unspecified atom stereocenters. The Bertz CT molecular complexity index is 389. The average Bonchev–Trinajstić information content (AvgIpc) is 2.81. The molecule has 2 aliphatic rings. The Hall–Kier alpha value is -1.06. The van der Waals surface area contributed by atoms with E-state index in [-0.39, 0.29) is 11.6 Å². The number of hydrogen-bond donors (Lipinski definition) is 2. The third-order valence-electron chi connectivity index (χ3n) is 3.83. The van der Waals surface area contributed by atoms with Crippen molar-refractivity contribution < 1.29 is 9.84 Å². The van der Waals surface area contributed by atoms with E-state index in [2.05, 4.69) is 0 Å². The Morgan fingerprint density at radius 3 is 2.62 bits per heavy atom. The van der Waals surface area contributed by atoms with Gasteiger partial charge in [0.1, 0.15) is 5.75 Å². The van der Waals surface area contributed by atoms with E-state index in [4.69, 9.17) is 10.5 Å². The summed E-state index contributed by atoms with van der Waals surface area (Å²) in [5, 5.41) is 9.23. The smallest absolute Gasteiger partial charge is 0.115 e. The summed E-state index contributed by atoms with van der Waals surface area (Å²) in [5.74, 6) is 0.305. The highest BCUT2D eigenvalue weighted by Crippen LogP contribution is 2.41. The van der Waals surface area contributed by atoms with Crippen molar-refractivity contribution in [3.05, 3.63) is 29.8 Å². The van der Waals surface area contributed by atoms with Crippen molar-refractivity contribution >= 4 is 0 Å². The number of hydrogen-bond acceptors (Lipinski definition) is 3. The summed E-state index contributed by atoms with van der Waals surface area (Å²) in [6, 6.07) is 7.31. The van der Waals surface area contributed by atoms with Crippen molar-refractivity contribution in [3.63, 3.8) is 0 Å². The van der Waals surface area contributed by atoms with E-state index in [9.17, 15) is 5.11 Å². The molecule has 16 heavy (non-hydrogen) atoms. The third kappa shape index (κ3) is 1.60. The van der Waals surface area contributed by atoms with Gasteiger partial charge in [0.05, 0.1) is 12.2 Å². The Labute approximate surface area is 95.2 Å². The minimum Gasteiger partial charge on any atom is -0.508 e. The molecule has 2 aliphatic heterocycles. The molecule has 3 atom stereocenters. The van der Waals surface area contributed by atoms with Crippen LogP contribution in [0.2, 0.25) is 0 Å². The fourth-order valence-electron chi connectivity index (χ4n) is 3.01. The third-order valence-corrected chi connectivity index (χ3v) is 3.83. The Morgan fingerprint density at radius 1 is 1.31 bits per heavy atom. The van der Waals surface area contributed by atoms with E-state index < -0.39 is 0 Å². The Kier molecular flexibility index (Phi) is 2.19. The highest BCUT2D eigenvalue weighted by molar-refractivity contribution is 5.28. The van der Waals surface area contributed by atoms with E-state index in [1.165, 1.54) is 12.0 Å². The summed E-state index contributed by atoms with van der Waals surface area (Å²) in [6.45, 7) is 0. The summed E-state index contributed by atoms with van der Waals surface area (Å²) < 4.78 is 5.81. The molecule has 2 bridgehead atoms. The van der Waals surface area contributed by atoms with Gasteiger partial charge in [-0.3, -0.25) is 0 Å². The van der Waals surface area contributed by atoms with Gasteiger partial charge in [0.25, 0.3) is 0 Å². The number of rotatable bonds is 2. The lowest BCUT2D eigenvalue weighted by molar-refractivity contribution is 0.0856. The number of fused-ring (bicyclic) bond motifs is 2. The van der Waals surface area contributed by atoms with Crippen LogP contribution in [0.15, 0.2) is 24.3 Å². The largest absolute Gasteiger partial charge is 0.508 e. The molecule has 0 saturated carbocycles. The van der Waals surface area contributed by atoms with Crippen molar-refractivity contribution in [2.75, 3.05) is 0 Å². The van der Waals surface area contributed by atoms with E-state index in [1.807, 2.05) is 12.1 Å². The van der Waals surface area contributed by atoms with Crippen LogP contribution in [0.4, 0.5) is 0 Å². The second kappa shape index (κ2) is 3.47. The zero-order chi connectivity index (χ0) is 11.2. The van der Waals surface area contributed by atoms with Crippen molar-refractivity contribution in [2.45, 2.75) is 43.4 Å². The first-order chi connectivity index (χ1) is 7.66. The SMILES string of the molecule is NC1(Cc2ccc(O)cc2)CC2CCC1O2. The molecule has 2 heterocycles. The van der Waals surface area contributed by atoms with Crippen LogP contribution in [-0.4, -0.2) is 22.9 Å². The number of phenols is 1. The van der Waals surface area contributed by atoms with Gasteiger partial charge in [-0.25, -0.2) is 0 Å². The van der Waals surface area contributed by atoms with Crippen LogP contribution in [0.5, 0.6) is 5.75 Å². The van der Waals surface area contributed by atoms with Crippen LogP contribution in [0.25, 0.3) is 0 Å². The fourth-order valence-corrected chi connectivity index (χ4v) is 3.01. The first kappa shape index (κ1) is 10.1. The summed E-state index contributed by atoms with van der Waals surface area (Å²) in [7, 11) is 0. The highest BCUT2D eigenvalue weighted by atomic mass is 16.5. The van der Waals surface area contributed by atoms with Crippen molar-refractivity contribution in [1.29, 1.82) is 0 Å². The van der Waals surface area contributed by atoms with Gasteiger partial charge < -0.3 is 15.6 Å². The lowest BCUT2D eigenvalue weighted by Gasteiger charge is -2.31. The fraction of sp³-hybridized carbons (Fsp3) is 0.538. The van der Waals surface area contributed by atoms with E-state index in [1.54, 1.807) is 12.1 Å². The van der Waals surface area contributed by atoms with Gasteiger partial charge in [0.2, 0.25) is 0 Å². The zero-order valence-corrected chi connectivity index (χ0v) is 9.23. The molecular weight excluding hydrogens is 202 g/mol. The summed E-state index contributed by atoms with van der Waals surface area (Å²) in [5.41, 5.74) is 7.41. The summed E-state index contributed by atoms with van der Waals surface area (Å²) >= 11 is 0. The Balaban J connectivity index is 1.77. The maximum atomic E-state index is 9.23. The van der Waals surface area contributed by atoms with Crippen molar-refractivity contribution in [2.24, 2.45) is 5.73 Å². The number of benzene rings is 1. The second-order valence-electron chi connectivity index (χ2n) is 5.10. The second-order valence-corrected chi connectivity index (χ2v) is 5.10. The molecule has 3 heteroatoms. The van der Waals surface area contributed by atoms with Gasteiger partial charge in [0.15, 0.2) is 0 Å². The average molecular weight is 219 g/mol. The zero-order valence-electron chi connectivity index (χ0n) is 9.23. The van der Waals surface area contributed by atoms with Gasteiger partial charge in [-0.05, 0) is 43.4 Å². The van der Waals surface area contributed by atoms with Crippen molar-refractivity contribution in [1.82, 2.24) is 0 Å². The van der Waals surface area contributed by atoms with Crippen LogP contribution < -0.4 is 5.73 Å². The number of aromatic hydroxyl groups is 1. The van der Waals surface area contributed by atoms with Crippen LogP contribution >= 0.6 is 0 Å². The molecular formula is C13H17NO2. The number of phenolic OH excluding ortho intramolecular Hbond substituents is 1. The van der Waals surface area contributed by atoms with E-state index in [0.717, 1.165) is 19.3 Å². The molecule has 0 spiro atoms. The lowest BCUT2D eigenvalue weighted by atomic mass is 9.78. The van der Waals surface area contributed by atoms with Gasteiger partial charge in [-0.15, -0.1) is 0 Å². The molecule has 1 aromatic carbocycles. The van der Waals surface area contributed by atoms with E-state index in [0.29, 0.717) is 11.9 Å². The summed E-state index contributed by atoms with van der Waals surface area (Å²) in [6.07, 6.45) is 4.68. The maximum absolute atomic E-state index is 9.23. The normalized spacial score (nSPS) is 36.8. The molecule has 0 aliphatic carbocycles. The summed E-state index contributed by atoms with van der Waals surface area (Å²) in [4.78, 5) is 0. The minimum absolute atomic E-state index is 0.195.